The van der Waals surface area contributed by atoms with Gasteiger partial charge in [0.25, 0.3) is 0 Å². The summed E-state index contributed by atoms with van der Waals surface area (Å²) in [5, 5.41) is 8.53. The van der Waals surface area contributed by atoms with Crippen molar-refractivity contribution in [3.8, 4) is 0 Å². The third kappa shape index (κ3) is 8.06. The number of amides is 1. The first-order chi connectivity index (χ1) is 12.2. The largest absolute Gasteiger partial charge is 0.354 e. The standard InChI is InChI=1S/C17H24N6OS.3ClH/c1-18-7-5-16(24)21-17-20-14(13-25-17)12-22-8-10-23(11-9-22)15-4-2-3-6-19-15;;;/h2-4,6,13,18H,5,7-12H2,1H3,(H,20,21,24);3*1H. The van der Waals surface area contributed by atoms with E-state index in [0.29, 0.717) is 18.1 Å². The molecule has 3 heterocycles. The number of anilines is 2. The van der Waals surface area contributed by atoms with Crippen molar-refractivity contribution in [1.82, 2.24) is 20.2 Å². The first kappa shape index (κ1) is 26.8. The Labute approximate surface area is 188 Å². The number of piperazine rings is 1. The average Bonchev–Trinajstić information content (AvgIpc) is 3.08. The van der Waals surface area contributed by atoms with Crippen molar-refractivity contribution >= 4 is 65.4 Å². The number of nitrogens with zero attached hydrogens (tertiary/aromatic N) is 4. The molecule has 158 valence electrons. The van der Waals surface area contributed by atoms with Crippen LogP contribution in [0.5, 0.6) is 0 Å². The maximum Gasteiger partial charge on any atom is 0.227 e. The highest BCUT2D eigenvalue weighted by Crippen LogP contribution is 2.18. The molecule has 1 aliphatic heterocycles. The summed E-state index contributed by atoms with van der Waals surface area (Å²) in [6.07, 6.45) is 2.30. The van der Waals surface area contributed by atoms with Crippen molar-refractivity contribution in [1.29, 1.82) is 0 Å². The molecule has 7 nitrogen and oxygen atoms in total. The van der Waals surface area contributed by atoms with Gasteiger partial charge in [-0.1, -0.05) is 6.07 Å². The van der Waals surface area contributed by atoms with Gasteiger partial charge in [0, 0.05) is 57.3 Å². The van der Waals surface area contributed by atoms with Gasteiger partial charge in [-0.15, -0.1) is 48.6 Å². The average molecular weight is 470 g/mol. The molecule has 0 atom stereocenters. The number of hydrogen-bond acceptors (Lipinski definition) is 7. The minimum Gasteiger partial charge on any atom is -0.354 e. The third-order valence-electron chi connectivity index (χ3n) is 4.13. The molecular weight excluding hydrogens is 443 g/mol. The van der Waals surface area contributed by atoms with Gasteiger partial charge < -0.3 is 15.5 Å². The smallest absolute Gasteiger partial charge is 0.227 e. The summed E-state index contributed by atoms with van der Waals surface area (Å²) >= 11 is 1.49. The Bertz CT molecular complexity index is 683. The molecule has 0 aromatic carbocycles. The number of aromatic nitrogens is 2. The predicted octanol–water partition coefficient (Wildman–Crippen LogP) is 2.67. The quantitative estimate of drug-likeness (QED) is 0.649. The summed E-state index contributed by atoms with van der Waals surface area (Å²) < 4.78 is 0. The van der Waals surface area contributed by atoms with Gasteiger partial charge in [0.15, 0.2) is 5.13 Å². The van der Waals surface area contributed by atoms with Crippen LogP contribution in [0, 0.1) is 0 Å². The topological polar surface area (TPSA) is 73.4 Å². The molecule has 1 amide bonds. The zero-order chi connectivity index (χ0) is 17.5. The molecule has 1 aliphatic rings. The van der Waals surface area contributed by atoms with Crippen molar-refractivity contribution in [2.75, 3.05) is 50.0 Å². The van der Waals surface area contributed by atoms with E-state index in [1.54, 1.807) is 0 Å². The van der Waals surface area contributed by atoms with Crippen molar-refractivity contribution in [3.63, 3.8) is 0 Å². The molecule has 28 heavy (non-hydrogen) atoms. The normalized spacial score (nSPS) is 13.7. The van der Waals surface area contributed by atoms with Gasteiger partial charge in [0.1, 0.15) is 5.82 Å². The zero-order valence-corrected chi connectivity index (χ0v) is 18.9. The number of hydrogen-bond donors (Lipinski definition) is 2. The van der Waals surface area contributed by atoms with E-state index in [1.807, 2.05) is 30.8 Å². The first-order valence-electron chi connectivity index (χ1n) is 8.52. The van der Waals surface area contributed by atoms with E-state index >= 15 is 0 Å². The molecule has 0 aliphatic carbocycles. The molecule has 0 spiro atoms. The van der Waals surface area contributed by atoms with Crippen LogP contribution in [-0.4, -0.2) is 60.5 Å². The molecule has 3 rings (SSSR count). The van der Waals surface area contributed by atoms with Gasteiger partial charge in [-0.05, 0) is 19.2 Å². The second-order valence-electron chi connectivity index (χ2n) is 6.00. The predicted molar refractivity (Wildman–Crippen MR) is 123 cm³/mol. The van der Waals surface area contributed by atoms with Crippen molar-refractivity contribution in [2.45, 2.75) is 13.0 Å². The molecule has 11 heteroatoms. The SMILES string of the molecule is CNCCC(=O)Nc1nc(CN2CCN(c3ccccn3)CC2)cs1.Cl.Cl.Cl. The van der Waals surface area contributed by atoms with E-state index in [4.69, 9.17) is 0 Å². The van der Waals surface area contributed by atoms with Gasteiger partial charge in [0.05, 0.1) is 5.69 Å². The Kier molecular flexibility index (Phi) is 13.3. The molecule has 0 radical (unpaired) electrons. The van der Waals surface area contributed by atoms with Crippen LogP contribution in [0.25, 0.3) is 0 Å². The summed E-state index contributed by atoms with van der Waals surface area (Å²) in [5.41, 5.74) is 1.01. The fraction of sp³-hybridized carbons (Fsp3) is 0.471. The minimum absolute atomic E-state index is 0. The lowest BCUT2D eigenvalue weighted by Gasteiger charge is -2.35. The molecule has 2 aromatic rings. The Balaban J connectivity index is 0.00000243. The van der Waals surface area contributed by atoms with Gasteiger partial charge in [-0.3, -0.25) is 9.69 Å². The minimum atomic E-state index is -0.000717. The second kappa shape index (κ2) is 13.9. The van der Waals surface area contributed by atoms with Gasteiger partial charge in [0.2, 0.25) is 5.91 Å². The number of thiazole rings is 1. The van der Waals surface area contributed by atoms with Gasteiger partial charge in [-0.25, -0.2) is 9.97 Å². The first-order valence-corrected chi connectivity index (χ1v) is 9.40. The molecule has 1 saturated heterocycles. The highest BCUT2D eigenvalue weighted by Gasteiger charge is 2.18. The Hall–Kier alpha value is -1.16. The highest BCUT2D eigenvalue weighted by molar-refractivity contribution is 7.13. The molecule has 2 N–H and O–H groups in total. The van der Waals surface area contributed by atoms with E-state index in [0.717, 1.165) is 44.2 Å². The third-order valence-corrected chi connectivity index (χ3v) is 4.94. The molecule has 0 bridgehead atoms. The lowest BCUT2D eigenvalue weighted by atomic mass is 10.3. The van der Waals surface area contributed by atoms with Gasteiger partial charge in [-0.2, -0.15) is 0 Å². The van der Waals surface area contributed by atoms with E-state index in [1.165, 1.54) is 11.3 Å². The Morgan fingerprint density at radius 1 is 1.18 bits per heavy atom. The number of rotatable bonds is 7. The molecule has 0 unspecified atom stereocenters. The molecule has 1 fully saturated rings. The van der Waals surface area contributed by atoms with Crippen LogP contribution in [0.4, 0.5) is 10.9 Å². The second-order valence-corrected chi connectivity index (χ2v) is 6.85. The van der Waals surface area contributed by atoms with Crippen LogP contribution in [0.15, 0.2) is 29.8 Å². The van der Waals surface area contributed by atoms with E-state index in [2.05, 4.69) is 36.5 Å². The highest BCUT2D eigenvalue weighted by atomic mass is 35.5. The summed E-state index contributed by atoms with van der Waals surface area (Å²) in [4.78, 5) is 25.4. The van der Waals surface area contributed by atoms with E-state index < -0.39 is 0 Å². The van der Waals surface area contributed by atoms with Crippen LogP contribution in [0.2, 0.25) is 0 Å². The summed E-state index contributed by atoms with van der Waals surface area (Å²) in [6.45, 7) is 5.39. The van der Waals surface area contributed by atoms with Crippen LogP contribution < -0.4 is 15.5 Å². The summed E-state index contributed by atoms with van der Waals surface area (Å²) in [6, 6.07) is 6.02. The number of nitrogens with one attached hydrogen (secondary N) is 2. The molecule has 2 aromatic heterocycles. The van der Waals surface area contributed by atoms with E-state index in [-0.39, 0.29) is 43.1 Å². The number of carbonyl (C=O) groups is 1. The summed E-state index contributed by atoms with van der Waals surface area (Å²) in [5.74, 6) is 1.04. The van der Waals surface area contributed by atoms with Gasteiger partial charge >= 0.3 is 0 Å². The van der Waals surface area contributed by atoms with Crippen molar-refractivity contribution < 1.29 is 4.79 Å². The summed E-state index contributed by atoms with van der Waals surface area (Å²) in [7, 11) is 1.84. The van der Waals surface area contributed by atoms with Crippen LogP contribution in [-0.2, 0) is 11.3 Å². The Morgan fingerprint density at radius 2 is 1.93 bits per heavy atom. The van der Waals surface area contributed by atoms with E-state index in [9.17, 15) is 4.79 Å². The monoisotopic (exact) mass is 468 g/mol. The Morgan fingerprint density at radius 3 is 2.57 bits per heavy atom. The lowest BCUT2D eigenvalue weighted by Crippen LogP contribution is -2.46. The van der Waals surface area contributed by atoms with Crippen LogP contribution in [0.1, 0.15) is 12.1 Å². The fourth-order valence-corrected chi connectivity index (χ4v) is 3.48. The fourth-order valence-electron chi connectivity index (χ4n) is 2.76. The zero-order valence-electron chi connectivity index (χ0n) is 15.7. The van der Waals surface area contributed by atoms with Crippen LogP contribution in [0.3, 0.4) is 0 Å². The van der Waals surface area contributed by atoms with Crippen LogP contribution >= 0.6 is 48.6 Å². The van der Waals surface area contributed by atoms with Crippen molar-refractivity contribution in [3.05, 3.63) is 35.5 Å². The number of carbonyl (C=O) groups excluding carboxylic acids is 1. The molecular formula is C17H27Cl3N6OS. The van der Waals surface area contributed by atoms with Crippen molar-refractivity contribution in [2.24, 2.45) is 0 Å². The maximum absolute atomic E-state index is 11.7. The number of pyridine rings is 1. The number of halogens is 3. The lowest BCUT2D eigenvalue weighted by molar-refractivity contribution is -0.116. The molecule has 0 saturated carbocycles. The maximum atomic E-state index is 11.7.